The van der Waals surface area contributed by atoms with Crippen LogP contribution in [0.3, 0.4) is 0 Å². The highest BCUT2D eigenvalue weighted by Gasteiger charge is 2.31. The zero-order valence-corrected chi connectivity index (χ0v) is 20.7. The van der Waals surface area contributed by atoms with Crippen LogP contribution in [-0.4, -0.2) is 53.7 Å². The molecule has 3 N–H and O–H groups in total. The number of amidine groups is 1. The molecule has 8 nitrogen and oxygen atoms in total. The largest absolute Gasteiger partial charge is 0.493 e. The van der Waals surface area contributed by atoms with E-state index in [4.69, 9.17) is 10.1 Å². The van der Waals surface area contributed by atoms with Crippen molar-refractivity contribution in [2.45, 2.75) is 32.7 Å². The molecule has 1 aliphatic heterocycles. The fourth-order valence-corrected chi connectivity index (χ4v) is 3.62. The van der Waals surface area contributed by atoms with E-state index in [1.54, 1.807) is 55.1 Å². The van der Waals surface area contributed by atoms with Crippen molar-refractivity contribution >= 4 is 40.5 Å². The minimum atomic E-state index is -1.13. The Morgan fingerprint density at radius 3 is 2.52 bits per heavy atom. The van der Waals surface area contributed by atoms with Crippen molar-refractivity contribution in [2.75, 3.05) is 20.2 Å². The molecule has 1 aliphatic rings. The lowest BCUT2D eigenvalue weighted by Crippen LogP contribution is -2.31. The predicted octanol–water partition coefficient (Wildman–Crippen LogP) is 3.41. The maximum Gasteiger partial charge on any atom is 0.313 e. The van der Waals surface area contributed by atoms with Gasteiger partial charge in [0.05, 0.1) is 24.1 Å². The molecule has 0 aromatic heterocycles. The van der Waals surface area contributed by atoms with Crippen LogP contribution in [0.25, 0.3) is 0 Å². The predicted molar refractivity (Wildman–Crippen MR) is 130 cm³/mol. The van der Waals surface area contributed by atoms with E-state index in [-0.39, 0.29) is 41.1 Å². The van der Waals surface area contributed by atoms with E-state index < -0.39 is 11.4 Å². The number of ketones is 1. The number of nitrogens with zero attached hydrogens (tertiary/aromatic N) is 1. The van der Waals surface area contributed by atoms with Gasteiger partial charge in [-0.3, -0.25) is 19.8 Å². The number of hydrogen-bond acceptors (Lipinski definition) is 5. The number of nitrogens with one attached hydrogen (secondary N) is 2. The highest BCUT2D eigenvalue weighted by atomic mass is 79.9. The zero-order valence-electron chi connectivity index (χ0n) is 19.0. The van der Waals surface area contributed by atoms with Crippen molar-refractivity contribution in [3.63, 3.8) is 0 Å². The number of rotatable bonds is 8. The molecule has 33 heavy (non-hydrogen) atoms. The molecule has 0 unspecified atom stereocenters. The lowest BCUT2D eigenvalue weighted by Gasteiger charge is -2.21. The number of carbonyl (C=O) groups is 3. The molecule has 1 amide bonds. The van der Waals surface area contributed by atoms with Crippen LogP contribution in [0.4, 0.5) is 0 Å². The lowest BCUT2D eigenvalue weighted by atomic mass is 9.84. The van der Waals surface area contributed by atoms with Gasteiger partial charge in [0.1, 0.15) is 11.6 Å². The highest BCUT2D eigenvalue weighted by molar-refractivity contribution is 8.93. The van der Waals surface area contributed by atoms with E-state index in [9.17, 15) is 19.5 Å². The van der Waals surface area contributed by atoms with E-state index in [2.05, 4.69) is 5.32 Å². The molecule has 2 aromatic carbocycles. The second kappa shape index (κ2) is 10.2. The molecule has 0 atom stereocenters. The molecular formula is C24H28BrN3O5. The quantitative estimate of drug-likeness (QED) is 0.461. The van der Waals surface area contributed by atoms with Crippen LogP contribution in [-0.2, 0) is 16.8 Å². The number of fused-ring (bicyclic) bond motifs is 1. The molecule has 3 rings (SSSR count). The first kappa shape index (κ1) is 26.1. The molecule has 176 valence electrons. The van der Waals surface area contributed by atoms with Crippen molar-refractivity contribution < 1.29 is 24.2 Å². The summed E-state index contributed by atoms with van der Waals surface area (Å²) >= 11 is 0. The van der Waals surface area contributed by atoms with Gasteiger partial charge < -0.3 is 20.1 Å². The van der Waals surface area contributed by atoms with Gasteiger partial charge in [-0.2, -0.15) is 0 Å². The number of carboxylic acids is 1. The Labute approximate surface area is 203 Å². The number of Topliss-reactive ketones (excluding diaryl/α,β-unsaturated/α-hetero) is 1. The van der Waals surface area contributed by atoms with Crippen LogP contribution in [0.1, 0.15) is 58.2 Å². The fourth-order valence-electron chi connectivity index (χ4n) is 3.62. The number of carbonyl (C=O) groups excluding carboxylic acids is 2. The molecule has 2 aromatic rings. The van der Waals surface area contributed by atoms with Crippen molar-refractivity contribution in [1.29, 1.82) is 5.41 Å². The van der Waals surface area contributed by atoms with E-state index in [1.165, 1.54) is 7.05 Å². The van der Waals surface area contributed by atoms with Crippen LogP contribution in [0, 0.1) is 5.41 Å². The van der Waals surface area contributed by atoms with Gasteiger partial charge in [-0.1, -0.05) is 18.2 Å². The number of aliphatic carboxylic acids is 1. The maximum absolute atomic E-state index is 13.0. The number of hydrogen-bond donors (Lipinski definition) is 3. The first-order valence-corrected chi connectivity index (χ1v) is 10.3. The van der Waals surface area contributed by atoms with E-state index in [1.807, 2.05) is 6.92 Å². The van der Waals surface area contributed by atoms with Gasteiger partial charge in [-0.15, -0.1) is 17.0 Å². The second-order valence-electron chi connectivity index (χ2n) is 8.16. The minimum Gasteiger partial charge on any atom is -0.493 e. The molecular weight excluding hydrogens is 490 g/mol. The SMILES string of the molecule is Br.CCOc1cc2c(cc1C(=O)NC)C(=N)N(CC(=O)c1cccc(C(C)(C)C(=O)O)c1)C2. The Hall–Kier alpha value is -3.20. The smallest absolute Gasteiger partial charge is 0.313 e. The highest BCUT2D eigenvalue weighted by Crippen LogP contribution is 2.31. The van der Waals surface area contributed by atoms with Crippen LogP contribution < -0.4 is 10.1 Å². The summed E-state index contributed by atoms with van der Waals surface area (Å²) in [5.41, 5.74) is 1.53. The van der Waals surface area contributed by atoms with E-state index >= 15 is 0 Å². The van der Waals surface area contributed by atoms with Gasteiger partial charge >= 0.3 is 5.97 Å². The number of ether oxygens (including phenoxy) is 1. The summed E-state index contributed by atoms with van der Waals surface area (Å²) in [7, 11) is 1.53. The molecule has 0 bridgehead atoms. The summed E-state index contributed by atoms with van der Waals surface area (Å²) < 4.78 is 5.61. The summed E-state index contributed by atoms with van der Waals surface area (Å²) in [4.78, 5) is 38.4. The summed E-state index contributed by atoms with van der Waals surface area (Å²) in [6.45, 7) is 5.70. The Bertz CT molecular complexity index is 1110. The third kappa shape index (κ3) is 5.08. The molecule has 0 saturated carbocycles. The average molecular weight is 518 g/mol. The number of halogens is 1. The van der Waals surface area contributed by atoms with Gasteiger partial charge in [0.15, 0.2) is 5.78 Å². The molecule has 0 fully saturated rings. The van der Waals surface area contributed by atoms with E-state index in [0.717, 1.165) is 5.56 Å². The van der Waals surface area contributed by atoms with Crippen molar-refractivity contribution in [3.05, 3.63) is 64.2 Å². The van der Waals surface area contributed by atoms with Gasteiger partial charge in [-0.25, -0.2) is 0 Å². The minimum absolute atomic E-state index is 0. The molecule has 0 spiro atoms. The summed E-state index contributed by atoms with van der Waals surface area (Å²) in [6, 6.07) is 9.98. The first-order valence-electron chi connectivity index (χ1n) is 10.3. The zero-order chi connectivity index (χ0) is 23.6. The standard InChI is InChI=1S/C24H27N3O5.BrH/c1-5-32-20-10-15-12-27(21(25)17(15)11-18(20)22(29)26-4)13-19(28)14-7-6-8-16(9-14)24(2,3)23(30)31;/h6-11,25H,5,12-13H2,1-4H3,(H,26,29)(H,30,31);1H. The van der Waals surface area contributed by atoms with Crippen LogP contribution in [0.5, 0.6) is 5.75 Å². The molecule has 0 saturated heterocycles. The normalized spacial score (nSPS) is 12.6. The maximum atomic E-state index is 13.0. The van der Waals surface area contributed by atoms with E-state index in [0.29, 0.717) is 41.2 Å². The van der Waals surface area contributed by atoms with Crippen molar-refractivity contribution in [1.82, 2.24) is 10.2 Å². The fraction of sp³-hybridized carbons (Fsp3) is 0.333. The molecule has 0 radical (unpaired) electrons. The van der Waals surface area contributed by atoms with Gasteiger partial charge in [0, 0.05) is 24.7 Å². The third-order valence-electron chi connectivity index (χ3n) is 5.68. The van der Waals surface area contributed by atoms with Crippen LogP contribution in [0.15, 0.2) is 36.4 Å². The number of amides is 1. The Balaban J connectivity index is 0.00000385. The van der Waals surface area contributed by atoms with Crippen molar-refractivity contribution in [2.24, 2.45) is 0 Å². The van der Waals surface area contributed by atoms with Crippen LogP contribution in [0.2, 0.25) is 0 Å². The van der Waals surface area contributed by atoms with Crippen molar-refractivity contribution in [3.8, 4) is 5.75 Å². The molecule has 1 heterocycles. The Morgan fingerprint density at radius 2 is 1.91 bits per heavy atom. The average Bonchev–Trinajstić information content (AvgIpc) is 3.07. The molecule has 0 aliphatic carbocycles. The van der Waals surface area contributed by atoms with Gasteiger partial charge in [-0.05, 0) is 50.1 Å². The summed E-state index contributed by atoms with van der Waals surface area (Å²) in [5.74, 6) is -0.909. The monoisotopic (exact) mass is 517 g/mol. The lowest BCUT2D eigenvalue weighted by molar-refractivity contribution is -0.142. The Morgan fingerprint density at radius 1 is 1.21 bits per heavy atom. The van der Waals surface area contributed by atoms with Gasteiger partial charge in [0.2, 0.25) is 0 Å². The third-order valence-corrected chi connectivity index (χ3v) is 5.68. The Kier molecular flexibility index (Phi) is 8.02. The number of carboxylic acid groups (broad SMARTS) is 1. The first-order chi connectivity index (χ1) is 15.1. The topological polar surface area (TPSA) is 120 Å². The summed E-state index contributed by atoms with van der Waals surface area (Å²) in [5, 5.41) is 20.6. The van der Waals surface area contributed by atoms with Crippen LogP contribution >= 0.6 is 17.0 Å². The number of benzene rings is 2. The van der Waals surface area contributed by atoms with Gasteiger partial charge in [0.25, 0.3) is 5.91 Å². The second-order valence-corrected chi connectivity index (χ2v) is 8.16. The molecule has 9 heteroatoms. The summed E-state index contributed by atoms with van der Waals surface area (Å²) in [6.07, 6.45) is 0.